The molecular formula is C32H43N5O. The van der Waals surface area contributed by atoms with Gasteiger partial charge in [0.2, 0.25) is 0 Å². The molecule has 6 heteroatoms. The molecule has 0 aliphatic rings. The average molecular weight is 514 g/mol. The van der Waals surface area contributed by atoms with Crippen molar-refractivity contribution < 1.29 is 4.79 Å². The molecule has 0 unspecified atom stereocenters. The van der Waals surface area contributed by atoms with Crippen LogP contribution in [0.1, 0.15) is 118 Å². The Morgan fingerprint density at radius 2 is 1.24 bits per heavy atom. The molecular weight excluding hydrogens is 470 g/mol. The highest BCUT2D eigenvalue weighted by Crippen LogP contribution is 2.26. The van der Waals surface area contributed by atoms with Crippen molar-refractivity contribution in [2.75, 3.05) is 0 Å². The van der Waals surface area contributed by atoms with E-state index < -0.39 is 0 Å². The monoisotopic (exact) mass is 513 g/mol. The number of hydrogen-bond acceptors (Lipinski definition) is 5. The lowest BCUT2D eigenvalue weighted by atomic mass is 9.90. The third-order valence-electron chi connectivity index (χ3n) is 6.83. The fourth-order valence-electron chi connectivity index (χ4n) is 4.69. The van der Waals surface area contributed by atoms with Gasteiger partial charge in [0.15, 0.2) is 0 Å². The summed E-state index contributed by atoms with van der Waals surface area (Å²) < 4.78 is 0. The van der Waals surface area contributed by atoms with Crippen LogP contribution in [0.25, 0.3) is 0 Å². The molecule has 0 radical (unpaired) electrons. The molecule has 3 aromatic rings. The van der Waals surface area contributed by atoms with E-state index in [9.17, 15) is 4.79 Å². The highest BCUT2D eigenvalue weighted by molar-refractivity contribution is 5.97. The summed E-state index contributed by atoms with van der Waals surface area (Å²) in [5.74, 6) is -0.469. The maximum absolute atomic E-state index is 12.7. The number of hydrazone groups is 1. The number of carbonyl (C=O) groups is 1. The van der Waals surface area contributed by atoms with Crippen LogP contribution >= 0.6 is 0 Å². The Hall–Kier alpha value is -3.41. The molecule has 1 amide bonds. The zero-order valence-corrected chi connectivity index (χ0v) is 22.9. The lowest BCUT2D eigenvalue weighted by Gasteiger charge is -2.19. The molecule has 0 aromatic carbocycles. The molecule has 0 bridgehead atoms. The number of amides is 1. The van der Waals surface area contributed by atoms with E-state index in [0.717, 1.165) is 36.4 Å². The minimum absolute atomic E-state index is 0.220. The Morgan fingerprint density at radius 1 is 0.711 bits per heavy atom. The Morgan fingerprint density at radius 3 is 1.74 bits per heavy atom. The molecule has 0 aliphatic carbocycles. The van der Waals surface area contributed by atoms with Gasteiger partial charge in [-0.25, -0.2) is 5.43 Å². The van der Waals surface area contributed by atoms with Crippen LogP contribution < -0.4 is 5.43 Å². The smallest absolute Gasteiger partial charge is 0.267 e. The molecule has 0 spiro atoms. The standard InChI is InChI=1S/C32H43N5O/c1-2-3-4-5-6-7-8-9-10-11-12-13-20-30(36-37-32(38)27-21-25-33-26-22-27)31(28-18-14-16-23-34-28)29-19-15-17-24-35-29/h14-19,21-26,31H,2-13,20H2,1H3,(H,37,38). The Kier molecular flexibility index (Phi) is 13.8. The van der Waals surface area contributed by atoms with Crippen molar-refractivity contribution in [3.63, 3.8) is 0 Å². The lowest BCUT2D eigenvalue weighted by molar-refractivity contribution is 0.0954. The third-order valence-corrected chi connectivity index (χ3v) is 6.83. The molecule has 0 fully saturated rings. The fraction of sp³-hybridized carbons (Fsp3) is 0.469. The Labute approximate surface area is 228 Å². The van der Waals surface area contributed by atoms with Crippen LogP contribution in [0.2, 0.25) is 0 Å². The summed E-state index contributed by atoms with van der Waals surface area (Å²) >= 11 is 0. The van der Waals surface area contributed by atoms with Crippen LogP contribution in [-0.4, -0.2) is 26.6 Å². The van der Waals surface area contributed by atoms with Crippen LogP contribution in [-0.2, 0) is 0 Å². The summed E-state index contributed by atoms with van der Waals surface area (Å²) in [6.07, 6.45) is 23.1. The number of hydrogen-bond donors (Lipinski definition) is 1. The molecule has 0 aliphatic heterocycles. The summed E-state index contributed by atoms with van der Waals surface area (Å²) in [6.45, 7) is 2.27. The minimum Gasteiger partial charge on any atom is -0.267 e. The minimum atomic E-state index is -0.250. The largest absolute Gasteiger partial charge is 0.271 e. The quantitative estimate of drug-likeness (QED) is 0.107. The van der Waals surface area contributed by atoms with Crippen LogP contribution in [0.4, 0.5) is 0 Å². The second-order valence-corrected chi connectivity index (χ2v) is 9.86. The van der Waals surface area contributed by atoms with Crippen molar-refractivity contribution >= 4 is 11.6 Å². The van der Waals surface area contributed by atoms with Gasteiger partial charge in [0.1, 0.15) is 0 Å². The first kappa shape index (κ1) is 29.2. The number of pyridine rings is 3. The molecule has 38 heavy (non-hydrogen) atoms. The zero-order valence-electron chi connectivity index (χ0n) is 22.9. The van der Waals surface area contributed by atoms with E-state index in [-0.39, 0.29) is 11.8 Å². The van der Waals surface area contributed by atoms with Gasteiger partial charge in [-0.1, -0.05) is 89.7 Å². The number of unbranched alkanes of at least 4 members (excludes halogenated alkanes) is 11. The van der Waals surface area contributed by atoms with E-state index in [1.165, 1.54) is 64.2 Å². The van der Waals surface area contributed by atoms with Crippen molar-refractivity contribution in [1.82, 2.24) is 20.4 Å². The van der Waals surface area contributed by atoms with Crippen LogP contribution in [0.15, 0.2) is 78.4 Å². The van der Waals surface area contributed by atoms with Crippen LogP contribution in [0.3, 0.4) is 0 Å². The molecule has 0 saturated carbocycles. The van der Waals surface area contributed by atoms with Gasteiger partial charge in [-0.2, -0.15) is 5.10 Å². The highest BCUT2D eigenvalue weighted by atomic mass is 16.2. The van der Waals surface area contributed by atoms with E-state index >= 15 is 0 Å². The number of nitrogens with zero attached hydrogens (tertiary/aromatic N) is 4. The summed E-state index contributed by atoms with van der Waals surface area (Å²) in [7, 11) is 0. The average Bonchev–Trinajstić information content (AvgIpc) is 2.97. The predicted octanol–water partition coefficient (Wildman–Crippen LogP) is 7.88. The first-order chi connectivity index (χ1) is 18.8. The van der Waals surface area contributed by atoms with Crippen molar-refractivity contribution in [3.8, 4) is 0 Å². The molecule has 3 rings (SSSR count). The number of aromatic nitrogens is 3. The van der Waals surface area contributed by atoms with Crippen molar-refractivity contribution in [3.05, 3.63) is 90.3 Å². The predicted molar refractivity (Wildman–Crippen MR) is 155 cm³/mol. The summed E-state index contributed by atoms with van der Waals surface area (Å²) in [4.78, 5) is 26.0. The van der Waals surface area contributed by atoms with Crippen molar-refractivity contribution in [1.29, 1.82) is 0 Å². The second kappa shape index (κ2) is 17.9. The van der Waals surface area contributed by atoms with Gasteiger partial charge < -0.3 is 0 Å². The Balaban J connectivity index is 1.60. The van der Waals surface area contributed by atoms with E-state index in [0.29, 0.717) is 5.56 Å². The van der Waals surface area contributed by atoms with Crippen molar-refractivity contribution in [2.24, 2.45) is 5.10 Å². The lowest BCUT2D eigenvalue weighted by Crippen LogP contribution is -2.24. The number of nitrogens with one attached hydrogen (secondary N) is 1. The zero-order chi connectivity index (χ0) is 26.7. The van der Waals surface area contributed by atoms with Gasteiger partial charge in [0, 0.05) is 30.4 Å². The van der Waals surface area contributed by atoms with Gasteiger partial charge in [0.25, 0.3) is 5.91 Å². The van der Waals surface area contributed by atoms with Gasteiger partial charge in [0.05, 0.1) is 23.0 Å². The van der Waals surface area contributed by atoms with Gasteiger partial charge in [-0.15, -0.1) is 0 Å². The second-order valence-electron chi connectivity index (χ2n) is 9.86. The van der Waals surface area contributed by atoms with E-state index in [1.807, 2.05) is 36.4 Å². The van der Waals surface area contributed by atoms with Crippen molar-refractivity contribution in [2.45, 2.75) is 96.3 Å². The summed E-state index contributed by atoms with van der Waals surface area (Å²) in [5.41, 5.74) is 5.93. The fourth-order valence-corrected chi connectivity index (χ4v) is 4.69. The van der Waals surface area contributed by atoms with Gasteiger partial charge in [-0.05, 0) is 49.2 Å². The maximum Gasteiger partial charge on any atom is 0.271 e. The SMILES string of the molecule is CCCCCCCCCCCCCCC(=NNC(=O)c1ccncc1)C(c1ccccn1)c1ccccn1. The maximum atomic E-state index is 12.7. The highest BCUT2D eigenvalue weighted by Gasteiger charge is 2.23. The summed E-state index contributed by atoms with van der Waals surface area (Å²) in [6, 6.07) is 15.2. The first-order valence-corrected chi connectivity index (χ1v) is 14.4. The molecule has 202 valence electrons. The topological polar surface area (TPSA) is 80.1 Å². The molecule has 0 atom stereocenters. The van der Waals surface area contributed by atoms with Gasteiger partial charge >= 0.3 is 0 Å². The summed E-state index contributed by atoms with van der Waals surface area (Å²) in [5, 5.41) is 4.66. The van der Waals surface area contributed by atoms with E-state index in [4.69, 9.17) is 0 Å². The van der Waals surface area contributed by atoms with Crippen LogP contribution in [0, 0.1) is 0 Å². The first-order valence-electron chi connectivity index (χ1n) is 14.4. The molecule has 3 heterocycles. The molecule has 0 saturated heterocycles. The Bertz CT molecular complexity index is 1020. The van der Waals surface area contributed by atoms with E-state index in [1.54, 1.807) is 36.9 Å². The number of rotatable bonds is 18. The normalized spacial score (nSPS) is 11.6. The molecule has 1 N–H and O–H groups in total. The third kappa shape index (κ3) is 10.5. The molecule has 6 nitrogen and oxygen atoms in total. The number of carbonyl (C=O) groups excluding carboxylic acids is 1. The van der Waals surface area contributed by atoms with Crippen LogP contribution in [0.5, 0.6) is 0 Å². The molecule has 3 aromatic heterocycles. The van der Waals surface area contributed by atoms with E-state index in [2.05, 4.69) is 32.4 Å². The van der Waals surface area contributed by atoms with Gasteiger partial charge in [-0.3, -0.25) is 19.7 Å².